The Labute approximate surface area is 110 Å². The smallest absolute Gasteiger partial charge is 0.140 e. The number of carbonyl (C=O) groups is 1. The van der Waals surface area contributed by atoms with E-state index in [4.69, 9.17) is 0 Å². The van der Waals surface area contributed by atoms with E-state index in [1.165, 1.54) is 5.57 Å². The summed E-state index contributed by atoms with van der Waals surface area (Å²) in [4.78, 5) is 12.1. The van der Waals surface area contributed by atoms with Gasteiger partial charge in [0, 0.05) is 12.3 Å². The van der Waals surface area contributed by atoms with Crippen molar-refractivity contribution in [3.8, 4) is 6.07 Å². The molecule has 0 amide bonds. The standard InChI is InChI=1S/C16H23NO/c1-12-6-5-7-13(2)15(18)10-14(11-17)16(3,4)9-8-12/h5,7-8,13-14H,6,9-10H2,1-4H3/b7-5+,12-8+. The fourth-order valence-electron chi connectivity index (χ4n) is 2.11. The van der Waals surface area contributed by atoms with E-state index in [-0.39, 0.29) is 23.0 Å². The Kier molecular flexibility index (Phi) is 4.90. The number of hydrogen-bond donors (Lipinski definition) is 0. The van der Waals surface area contributed by atoms with Gasteiger partial charge in [0.2, 0.25) is 0 Å². The second-order valence-corrected chi connectivity index (χ2v) is 6.02. The highest BCUT2D eigenvalue weighted by molar-refractivity contribution is 5.82. The molecule has 0 aromatic heterocycles. The second-order valence-electron chi connectivity index (χ2n) is 6.02. The molecular formula is C16H23NO. The van der Waals surface area contributed by atoms with Crippen LogP contribution in [0.4, 0.5) is 0 Å². The molecule has 0 heterocycles. The van der Waals surface area contributed by atoms with Crippen LogP contribution < -0.4 is 0 Å². The molecule has 0 radical (unpaired) electrons. The molecule has 0 saturated carbocycles. The van der Waals surface area contributed by atoms with E-state index in [0.717, 1.165) is 12.8 Å². The molecule has 2 heteroatoms. The molecule has 2 unspecified atom stereocenters. The molecule has 98 valence electrons. The van der Waals surface area contributed by atoms with E-state index in [9.17, 15) is 10.1 Å². The zero-order valence-electron chi connectivity index (χ0n) is 11.9. The molecule has 0 aliphatic heterocycles. The number of hydrogen-bond acceptors (Lipinski definition) is 2. The third-order valence-corrected chi connectivity index (χ3v) is 3.85. The van der Waals surface area contributed by atoms with Gasteiger partial charge < -0.3 is 0 Å². The monoisotopic (exact) mass is 245 g/mol. The molecule has 2 atom stereocenters. The van der Waals surface area contributed by atoms with Gasteiger partial charge in [-0.15, -0.1) is 0 Å². The lowest BCUT2D eigenvalue weighted by Gasteiger charge is -2.28. The molecule has 1 aliphatic rings. The lowest BCUT2D eigenvalue weighted by Crippen LogP contribution is -2.26. The minimum absolute atomic E-state index is 0.0810. The Hall–Kier alpha value is -1.36. The van der Waals surface area contributed by atoms with Gasteiger partial charge in [0.1, 0.15) is 5.78 Å². The third kappa shape index (κ3) is 3.84. The molecule has 0 spiro atoms. The Morgan fingerprint density at radius 3 is 2.72 bits per heavy atom. The highest BCUT2D eigenvalue weighted by atomic mass is 16.1. The van der Waals surface area contributed by atoms with Crippen molar-refractivity contribution in [1.29, 1.82) is 5.26 Å². The van der Waals surface area contributed by atoms with Crippen LogP contribution in [0.5, 0.6) is 0 Å². The van der Waals surface area contributed by atoms with Crippen molar-refractivity contribution in [3.63, 3.8) is 0 Å². The first kappa shape index (κ1) is 14.7. The SMILES string of the molecule is C/C1=C\CC(C)(C)C(C#N)CC(=O)C(C)/C=C/C1. The van der Waals surface area contributed by atoms with Gasteiger partial charge in [-0.05, 0) is 25.2 Å². The van der Waals surface area contributed by atoms with Crippen molar-refractivity contribution in [2.45, 2.75) is 47.0 Å². The van der Waals surface area contributed by atoms with Crippen LogP contribution in [0.2, 0.25) is 0 Å². The van der Waals surface area contributed by atoms with E-state index in [2.05, 4.69) is 39.0 Å². The zero-order valence-corrected chi connectivity index (χ0v) is 11.9. The molecule has 0 fully saturated rings. The number of nitriles is 1. The van der Waals surface area contributed by atoms with Crippen molar-refractivity contribution in [2.75, 3.05) is 0 Å². The summed E-state index contributed by atoms with van der Waals surface area (Å²) >= 11 is 0. The molecule has 18 heavy (non-hydrogen) atoms. The van der Waals surface area contributed by atoms with Gasteiger partial charge in [0.05, 0.1) is 12.0 Å². The van der Waals surface area contributed by atoms with Crippen LogP contribution in [0.25, 0.3) is 0 Å². The number of carbonyl (C=O) groups excluding carboxylic acids is 1. The van der Waals surface area contributed by atoms with E-state index < -0.39 is 0 Å². The molecule has 0 aromatic carbocycles. The summed E-state index contributed by atoms with van der Waals surface area (Å²) in [5.41, 5.74) is 1.16. The van der Waals surface area contributed by atoms with Crippen molar-refractivity contribution < 1.29 is 4.79 Å². The molecule has 1 rings (SSSR count). The summed E-state index contributed by atoms with van der Waals surface area (Å²) in [6.07, 6.45) is 8.34. The topological polar surface area (TPSA) is 40.9 Å². The Bertz CT molecular complexity index is 409. The predicted octanol–water partition coefficient (Wildman–Crippen LogP) is 4.04. The maximum Gasteiger partial charge on any atom is 0.140 e. The maximum absolute atomic E-state index is 12.1. The van der Waals surface area contributed by atoms with Crippen LogP contribution in [0.15, 0.2) is 23.8 Å². The zero-order chi connectivity index (χ0) is 13.8. The number of rotatable bonds is 0. The Morgan fingerprint density at radius 2 is 2.11 bits per heavy atom. The van der Waals surface area contributed by atoms with Gasteiger partial charge >= 0.3 is 0 Å². The summed E-state index contributed by atoms with van der Waals surface area (Å²) in [6.45, 7) is 8.17. The molecule has 0 saturated heterocycles. The van der Waals surface area contributed by atoms with E-state index in [1.54, 1.807) is 0 Å². The second kappa shape index (κ2) is 6.00. The lowest BCUT2D eigenvalue weighted by molar-refractivity contribution is -0.122. The Morgan fingerprint density at radius 1 is 1.44 bits per heavy atom. The van der Waals surface area contributed by atoms with E-state index in [1.807, 2.05) is 13.0 Å². The third-order valence-electron chi connectivity index (χ3n) is 3.85. The average Bonchev–Trinajstić information content (AvgIpc) is 2.33. The van der Waals surface area contributed by atoms with Gasteiger partial charge in [-0.2, -0.15) is 5.26 Å². The van der Waals surface area contributed by atoms with Gasteiger partial charge in [0.25, 0.3) is 0 Å². The molecule has 0 aromatic rings. The molecular weight excluding hydrogens is 222 g/mol. The molecule has 2 nitrogen and oxygen atoms in total. The molecule has 1 aliphatic carbocycles. The van der Waals surface area contributed by atoms with Gasteiger partial charge in [0.15, 0.2) is 0 Å². The fraction of sp³-hybridized carbons (Fsp3) is 0.625. The fourth-order valence-corrected chi connectivity index (χ4v) is 2.11. The quantitative estimate of drug-likeness (QED) is 0.604. The predicted molar refractivity (Wildman–Crippen MR) is 73.8 cm³/mol. The van der Waals surface area contributed by atoms with Crippen molar-refractivity contribution in [1.82, 2.24) is 0 Å². The van der Waals surface area contributed by atoms with Crippen molar-refractivity contribution in [2.24, 2.45) is 17.3 Å². The van der Waals surface area contributed by atoms with Crippen LogP contribution in [-0.4, -0.2) is 5.78 Å². The highest BCUT2D eigenvalue weighted by Gasteiger charge is 2.31. The van der Waals surface area contributed by atoms with Crippen molar-refractivity contribution in [3.05, 3.63) is 23.8 Å². The maximum atomic E-state index is 12.1. The summed E-state index contributed by atoms with van der Waals surface area (Å²) in [5.74, 6) is -0.115. The number of Topliss-reactive ketones (excluding diaryl/α,β-unsaturated/α-hetero) is 1. The largest absolute Gasteiger partial charge is 0.299 e. The highest BCUT2D eigenvalue weighted by Crippen LogP contribution is 2.35. The minimum atomic E-state index is -0.206. The van der Waals surface area contributed by atoms with E-state index >= 15 is 0 Å². The number of nitrogens with zero attached hydrogens (tertiary/aromatic N) is 1. The van der Waals surface area contributed by atoms with Crippen LogP contribution in [0.3, 0.4) is 0 Å². The summed E-state index contributed by atoms with van der Waals surface area (Å²) in [5, 5.41) is 9.30. The lowest BCUT2D eigenvalue weighted by atomic mass is 9.73. The molecule has 0 bridgehead atoms. The minimum Gasteiger partial charge on any atom is -0.299 e. The summed E-state index contributed by atoms with van der Waals surface area (Å²) in [6, 6.07) is 2.32. The first-order valence-electron chi connectivity index (χ1n) is 6.61. The molecule has 0 N–H and O–H groups in total. The first-order valence-corrected chi connectivity index (χ1v) is 6.61. The summed E-state index contributed by atoms with van der Waals surface area (Å²) < 4.78 is 0. The van der Waals surface area contributed by atoms with E-state index in [0.29, 0.717) is 6.42 Å². The summed E-state index contributed by atoms with van der Waals surface area (Å²) in [7, 11) is 0. The average molecular weight is 245 g/mol. The van der Waals surface area contributed by atoms with Crippen LogP contribution >= 0.6 is 0 Å². The van der Waals surface area contributed by atoms with Gasteiger partial charge in [-0.3, -0.25) is 4.79 Å². The first-order chi connectivity index (χ1) is 8.36. The normalized spacial score (nSPS) is 33.7. The van der Waals surface area contributed by atoms with Gasteiger partial charge in [-0.25, -0.2) is 0 Å². The number of allylic oxidation sites excluding steroid dienone is 4. The van der Waals surface area contributed by atoms with Crippen LogP contribution in [-0.2, 0) is 4.79 Å². The van der Waals surface area contributed by atoms with Gasteiger partial charge in [-0.1, -0.05) is 44.6 Å². The van der Waals surface area contributed by atoms with Crippen LogP contribution in [0, 0.1) is 28.6 Å². The Balaban J connectivity index is 3.03. The van der Waals surface area contributed by atoms with Crippen molar-refractivity contribution >= 4 is 5.78 Å². The number of ketones is 1. The van der Waals surface area contributed by atoms with Crippen LogP contribution in [0.1, 0.15) is 47.0 Å².